The van der Waals surface area contributed by atoms with Crippen LogP contribution in [0, 0.1) is 6.92 Å². The molecule has 0 aliphatic carbocycles. The van der Waals surface area contributed by atoms with Gasteiger partial charge in [0.25, 0.3) is 5.56 Å². The summed E-state index contributed by atoms with van der Waals surface area (Å²) in [6.45, 7) is 4.53. The number of aryl methyl sites for hydroxylation is 2. The zero-order valence-electron chi connectivity index (χ0n) is 7.88. The fourth-order valence-electron chi connectivity index (χ4n) is 1.20. The summed E-state index contributed by atoms with van der Waals surface area (Å²) in [5, 5.41) is 4.12. The van der Waals surface area contributed by atoms with Crippen molar-refractivity contribution in [2.75, 3.05) is 0 Å². The largest absolute Gasteiger partial charge is 0.271 e. The number of alkyl halides is 1. The van der Waals surface area contributed by atoms with Gasteiger partial charge in [-0.15, -0.1) is 11.6 Å². The molecular formula is C9H13ClN2O. The lowest BCUT2D eigenvalue weighted by atomic mass is 10.3. The summed E-state index contributed by atoms with van der Waals surface area (Å²) in [6.07, 6.45) is 0.901. The summed E-state index contributed by atoms with van der Waals surface area (Å²) >= 11 is 5.64. The van der Waals surface area contributed by atoms with E-state index in [1.54, 1.807) is 6.07 Å². The summed E-state index contributed by atoms with van der Waals surface area (Å²) < 4.78 is 1.48. The first-order chi connectivity index (χ1) is 6.19. The van der Waals surface area contributed by atoms with Crippen molar-refractivity contribution in [3.05, 3.63) is 27.7 Å². The Balaban J connectivity index is 3.19. The Morgan fingerprint density at radius 1 is 1.62 bits per heavy atom. The van der Waals surface area contributed by atoms with Gasteiger partial charge in [-0.2, -0.15) is 5.10 Å². The zero-order chi connectivity index (χ0) is 9.84. The predicted octanol–water partition coefficient (Wildman–Crippen LogP) is 1.70. The summed E-state index contributed by atoms with van der Waals surface area (Å²) in [4.78, 5) is 11.6. The molecule has 0 unspecified atom stereocenters. The molecule has 0 radical (unpaired) electrons. The van der Waals surface area contributed by atoms with Gasteiger partial charge in [-0.1, -0.05) is 6.92 Å². The van der Waals surface area contributed by atoms with Crippen LogP contribution in [-0.4, -0.2) is 9.78 Å². The third kappa shape index (κ3) is 2.31. The van der Waals surface area contributed by atoms with Gasteiger partial charge in [0.2, 0.25) is 0 Å². The van der Waals surface area contributed by atoms with E-state index in [2.05, 4.69) is 5.10 Å². The third-order valence-corrected chi connectivity index (χ3v) is 2.04. The van der Waals surface area contributed by atoms with E-state index < -0.39 is 0 Å². The van der Waals surface area contributed by atoms with E-state index in [-0.39, 0.29) is 11.4 Å². The first-order valence-electron chi connectivity index (χ1n) is 4.32. The van der Waals surface area contributed by atoms with Crippen LogP contribution in [0.2, 0.25) is 0 Å². The molecule has 0 atom stereocenters. The Hall–Kier alpha value is -0.830. The van der Waals surface area contributed by atoms with Gasteiger partial charge in [0.05, 0.1) is 11.6 Å². The minimum absolute atomic E-state index is 0.0672. The van der Waals surface area contributed by atoms with E-state index in [1.807, 2.05) is 13.8 Å². The summed E-state index contributed by atoms with van der Waals surface area (Å²) in [5.74, 6) is 0.256. The smallest absolute Gasteiger partial charge is 0.267 e. The molecule has 0 saturated heterocycles. The second-order valence-corrected chi connectivity index (χ2v) is 3.24. The van der Waals surface area contributed by atoms with Gasteiger partial charge in [-0.05, 0) is 19.4 Å². The van der Waals surface area contributed by atoms with Crippen LogP contribution in [-0.2, 0) is 12.4 Å². The highest BCUT2D eigenvalue weighted by Crippen LogP contribution is 1.99. The lowest BCUT2D eigenvalue weighted by molar-refractivity contribution is 0.557. The average molecular weight is 201 g/mol. The maximum Gasteiger partial charge on any atom is 0.271 e. The molecule has 1 rings (SSSR count). The van der Waals surface area contributed by atoms with Crippen LogP contribution in [0.5, 0.6) is 0 Å². The van der Waals surface area contributed by atoms with Crippen LogP contribution in [0.1, 0.15) is 24.6 Å². The second kappa shape index (κ2) is 4.42. The van der Waals surface area contributed by atoms with Crippen molar-refractivity contribution in [2.45, 2.75) is 32.7 Å². The minimum atomic E-state index is -0.0672. The molecule has 0 amide bonds. The molecule has 3 nitrogen and oxygen atoms in total. The number of hydrogen-bond acceptors (Lipinski definition) is 2. The quantitative estimate of drug-likeness (QED) is 0.697. The molecule has 0 spiro atoms. The SMILES string of the molecule is CCCn1nc(C)cc(CCl)c1=O. The summed E-state index contributed by atoms with van der Waals surface area (Å²) in [7, 11) is 0. The fourth-order valence-corrected chi connectivity index (χ4v) is 1.39. The molecule has 0 N–H and O–H groups in total. The zero-order valence-corrected chi connectivity index (χ0v) is 8.64. The van der Waals surface area contributed by atoms with E-state index in [1.165, 1.54) is 4.68 Å². The van der Waals surface area contributed by atoms with Gasteiger partial charge in [0.1, 0.15) is 0 Å². The van der Waals surface area contributed by atoms with Crippen molar-refractivity contribution in [1.82, 2.24) is 9.78 Å². The van der Waals surface area contributed by atoms with Crippen molar-refractivity contribution in [3.63, 3.8) is 0 Å². The van der Waals surface area contributed by atoms with Gasteiger partial charge >= 0.3 is 0 Å². The molecule has 4 heteroatoms. The highest BCUT2D eigenvalue weighted by Gasteiger charge is 2.03. The van der Waals surface area contributed by atoms with Crippen molar-refractivity contribution >= 4 is 11.6 Å². The monoisotopic (exact) mass is 200 g/mol. The molecular weight excluding hydrogens is 188 g/mol. The van der Waals surface area contributed by atoms with Gasteiger partial charge in [0.15, 0.2) is 0 Å². The fraction of sp³-hybridized carbons (Fsp3) is 0.556. The molecule has 0 saturated carbocycles. The molecule has 0 fully saturated rings. The van der Waals surface area contributed by atoms with E-state index in [0.717, 1.165) is 12.1 Å². The van der Waals surface area contributed by atoms with Crippen LogP contribution in [0.3, 0.4) is 0 Å². The maximum absolute atomic E-state index is 11.6. The van der Waals surface area contributed by atoms with Crippen LogP contribution in [0.15, 0.2) is 10.9 Å². The molecule has 72 valence electrons. The molecule has 0 bridgehead atoms. The van der Waals surface area contributed by atoms with Crippen molar-refractivity contribution in [2.24, 2.45) is 0 Å². The highest BCUT2D eigenvalue weighted by molar-refractivity contribution is 6.17. The predicted molar refractivity (Wildman–Crippen MR) is 53.1 cm³/mol. The van der Waals surface area contributed by atoms with Crippen molar-refractivity contribution in [1.29, 1.82) is 0 Å². The number of hydrogen-bond donors (Lipinski definition) is 0. The summed E-state index contributed by atoms with van der Waals surface area (Å²) in [5.41, 5.74) is 1.40. The Kier molecular flexibility index (Phi) is 3.48. The Morgan fingerprint density at radius 2 is 2.31 bits per heavy atom. The molecule has 0 aliphatic heterocycles. The average Bonchev–Trinajstić information content (AvgIpc) is 2.11. The molecule has 1 aromatic rings. The first-order valence-corrected chi connectivity index (χ1v) is 4.86. The van der Waals surface area contributed by atoms with Crippen LogP contribution >= 0.6 is 11.6 Å². The molecule has 1 aromatic heterocycles. The van der Waals surface area contributed by atoms with Gasteiger partial charge in [-0.3, -0.25) is 4.79 Å². The molecule has 1 heterocycles. The lowest BCUT2D eigenvalue weighted by Crippen LogP contribution is -2.26. The van der Waals surface area contributed by atoms with Gasteiger partial charge < -0.3 is 0 Å². The third-order valence-electron chi connectivity index (χ3n) is 1.75. The molecule has 13 heavy (non-hydrogen) atoms. The Labute approximate surface area is 82.3 Å². The maximum atomic E-state index is 11.6. The van der Waals surface area contributed by atoms with Crippen LogP contribution < -0.4 is 5.56 Å². The number of halogens is 1. The standard InChI is InChI=1S/C9H13ClN2O/c1-3-4-12-9(13)8(6-10)5-7(2)11-12/h5H,3-4,6H2,1-2H3. The van der Waals surface area contributed by atoms with Crippen molar-refractivity contribution < 1.29 is 0 Å². The van der Waals surface area contributed by atoms with Gasteiger partial charge in [0, 0.05) is 12.1 Å². The van der Waals surface area contributed by atoms with E-state index in [9.17, 15) is 4.79 Å². The highest BCUT2D eigenvalue weighted by atomic mass is 35.5. The lowest BCUT2D eigenvalue weighted by Gasteiger charge is -2.05. The number of aromatic nitrogens is 2. The first kappa shape index (κ1) is 10.3. The summed E-state index contributed by atoms with van der Waals surface area (Å²) in [6, 6.07) is 1.74. The molecule has 0 aliphatic rings. The second-order valence-electron chi connectivity index (χ2n) is 2.97. The Morgan fingerprint density at radius 3 is 2.85 bits per heavy atom. The number of rotatable bonds is 3. The number of nitrogens with zero attached hydrogens (tertiary/aromatic N) is 2. The normalized spacial score (nSPS) is 10.4. The van der Waals surface area contributed by atoms with Gasteiger partial charge in [-0.25, -0.2) is 4.68 Å². The topological polar surface area (TPSA) is 34.9 Å². The molecule has 0 aromatic carbocycles. The van der Waals surface area contributed by atoms with E-state index >= 15 is 0 Å². The van der Waals surface area contributed by atoms with E-state index in [0.29, 0.717) is 12.1 Å². The van der Waals surface area contributed by atoms with Crippen molar-refractivity contribution in [3.8, 4) is 0 Å². The minimum Gasteiger partial charge on any atom is -0.267 e. The van der Waals surface area contributed by atoms with Crippen LogP contribution in [0.4, 0.5) is 0 Å². The van der Waals surface area contributed by atoms with E-state index in [4.69, 9.17) is 11.6 Å². The van der Waals surface area contributed by atoms with Crippen LogP contribution in [0.25, 0.3) is 0 Å². The Bertz CT molecular complexity index is 346.